The van der Waals surface area contributed by atoms with Crippen LogP contribution in [0.1, 0.15) is 43.2 Å². The predicted molar refractivity (Wildman–Crippen MR) is 82.3 cm³/mol. The largest absolute Gasteiger partial charge is 0.481 e. The molecule has 1 aromatic rings. The molecular formula is C15H18BrClO3. The van der Waals surface area contributed by atoms with E-state index in [2.05, 4.69) is 15.9 Å². The van der Waals surface area contributed by atoms with Crippen molar-refractivity contribution in [1.82, 2.24) is 0 Å². The summed E-state index contributed by atoms with van der Waals surface area (Å²) in [5.41, 5.74) is 0.853. The van der Waals surface area contributed by atoms with Crippen LogP contribution in [0.25, 0.3) is 0 Å². The number of benzene rings is 1. The van der Waals surface area contributed by atoms with Gasteiger partial charge in [0.25, 0.3) is 0 Å². The van der Waals surface area contributed by atoms with E-state index < -0.39 is 11.4 Å². The van der Waals surface area contributed by atoms with Crippen LogP contribution in [-0.4, -0.2) is 18.2 Å². The third-order valence-electron chi connectivity index (χ3n) is 4.10. The highest BCUT2D eigenvalue weighted by Crippen LogP contribution is 2.42. The molecule has 20 heavy (non-hydrogen) atoms. The highest BCUT2D eigenvalue weighted by atomic mass is 79.9. The molecule has 0 amide bonds. The zero-order valence-electron chi connectivity index (χ0n) is 11.4. The van der Waals surface area contributed by atoms with Gasteiger partial charge in [-0.2, -0.15) is 0 Å². The fourth-order valence-electron chi connectivity index (χ4n) is 2.94. The number of hydrogen-bond acceptors (Lipinski definition) is 2. The number of rotatable bonds is 4. The third kappa shape index (κ3) is 2.87. The average molecular weight is 362 g/mol. The summed E-state index contributed by atoms with van der Waals surface area (Å²) in [4.78, 5) is 11.8. The van der Waals surface area contributed by atoms with Crippen LogP contribution < -0.4 is 0 Å². The van der Waals surface area contributed by atoms with Gasteiger partial charge in [-0.1, -0.05) is 46.8 Å². The monoisotopic (exact) mass is 360 g/mol. The van der Waals surface area contributed by atoms with Gasteiger partial charge in [0, 0.05) is 22.2 Å². The second-order valence-electron chi connectivity index (χ2n) is 5.30. The molecule has 0 heterocycles. The smallest absolute Gasteiger partial charge is 0.314 e. The number of carboxylic acid groups (broad SMARTS) is 1. The summed E-state index contributed by atoms with van der Waals surface area (Å²) in [6.07, 6.45) is 4.35. The first-order chi connectivity index (χ1) is 9.51. The van der Waals surface area contributed by atoms with Crippen molar-refractivity contribution in [3.8, 4) is 0 Å². The van der Waals surface area contributed by atoms with E-state index in [1.807, 2.05) is 6.07 Å². The van der Waals surface area contributed by atoms with Crippen molar-refractivity contribution >= 4 is 33.5 Å². The Labute approximate surface area is 132 Å². The van der Waals surface area contributed by atoms with Gasteiger partial charge >= 0.3 is 5.97 Å². The van der Waals surface area contributed by atoms with Crippen LogP contribution in [0.15, 0.2) is 16.6 Å². The van der Waals surface area contributed by atoms with E-state index in [1.54, 1.807) is 13.2 Å². The molecule has 0 atom stereocenters. The summed E-state index contributed by atoms with van der Waals surface area (Å²) in [5.74, 6) is -0.750. The third-order valence-corrected chi connectivity index (χ3v) is 5.14. The van der Waals surface area contributed by atoms with E-state index in [-0.39, 0.29) is 0 Å². The first-order valence-corrected chi connectivity index (χ1v) is 7.89. The molecule has 0 aromatic heterocycles. The summed E-state index contributed by atoms with van der Waals surface area (Å²) in [6.45, 7) is 0.403. The maximum absolute atomic E-state index is 11.8. The Kier molecular flexibility index (Phi) is 5.10. The average Bonchev–Trinajstić information content (AvgIpc) is 2.43. The van der Waals surface area contributed by atoms with Gasteiger partial charge in [0.15, 0.2) is 0 Å². The minimum absolute atomic E-state index is 0.403. The molecular weight excluding hydrogens is 344 g/mol. The molecule has 5 heteroatoms. The fraction of sp³-hybridized carbons (Fsp3) is 0.533. The van der Waals surface area contributed by atoms with Crippen LogP contribution in [0.2, 0.25) is 5.02 Å². The zero-order valence-corrected chi connectivity index (χ0v) is 13.8. The number of hydrogen-bond donors (Lipinski definition) is 1. The topological polar surface area (TPSA) is 46.5 Å². The van der Waals surface area contributed by atoms with Crippen LogP contribution >= 0.6 is 27.5 Å². The van der Waals surface area contributed by atoms with Gasteiger partial charge in [-0.3, -0.25) is 4.79 Å². The molecule has 1 aliphatic rings. The number of methoxy groups -OCH3 is 1. The number of halogens is 2. The first kappa shape index (κ1) is 15.8. The van der Waals surface area contributed by atoms with Gasteiger partial charge in [-0.15, -0.1) is 0 Å². The molecule has 0 unspecified atom stereocenters. The lowest BCUT2D eigenvalue weighted by molar-refractivity contribution is -0.145. The summed E-state index contributed by atoms with van der Waals surface area (Å²) in [5, 5.41) is 10.3. The van der Waals surface area contributed by atoms with Crippen molar-refractivity contribution in [2.75, 3.05) is 7.11 Å². The molecule has 0 bridgehead atoms. The molecule has 1 saturated carbocycles. The standard InChI is InChI=1S/C15H18BrClO3/c1-20-9-11-12(16)7-10(8-13(11)17)15(14(18)19)5-3-2-4-6-15/h7-8H,2-6,9H2,1H3,(H,18,19). The molecule has 0 aliphatic heterocycles. The second-order valence-corrected chi connectivity index (χ2v) is 6.56. The van der Waals surface area contributed by atoms with Gasteiger partial charge in [0.1, 0.15) is 0 Å². The van der Waals surface area contributed by atoms with E-state index in [0.717, 1.165) is 34.9 Å². The Morgan fingerprint density at radius 1 is 1.40 bits per heavy atom. The minimum Gasteiger partial charge on any atom is -0.481 e. The highest BCUT2D eigenvalue weighted by molar-refractivity contribution is 9.10. The predicted octanol–water partition coefficient (Wildman–Crippen LogP) is 4.54. The van der Waals surface area contributed by atoms with Crippen LogP contribution in [0.3, 0.4) is 0 Å². The van der Waals surface area contributed by atoms with Gasteiger partial charge in [-0.05, 0) is 30.5 Å². The molecule has 110 valence electrons. The van der Waals surface area contributed by atoms with Crippen molar-refractivity contribution in [2.24, 2.45) is 0 Å². The molecule has 0 radical (unpaired) electrons. The number of aliphatic carboxylic acids is 1. The maximum atomic E-state index is 11.8. The molecule has 1 aliphatic carbocycles. The van der Waals surface area contributed by atoms with Crippen molar-refractivity contribution in [2.45, 2.75) is 44.1 Å². The maximum Gasteiger partial charge on any atom is 0.314 e. The van der Waals surface area contributed by atoms with Gasteiger partial charge in [0.05, 0.1) is 12.0 Å². The van der Waals surface area contributed by atoms with Gasteiger partial charge < -0.3 is 9.84 Å². The van der Waals surface area contributed by atoms with Crippen molar-refractivity contribution in [3.63, 3.8) is 0 Å². The van der Waals surface area contributed by atoms with E-state index in [9.17, 15) is 9.90 Å². The lowest BCUT2D eigenvalue weighted by Gasteiger charge is -2.34. The summed E-state index contributed by atoms with van der Waals surface area (Å²) < 4.78 is 5.93. The van der Waals surface area contributed by atoms with E-state index >= 15 is 0 Å². The normalized spacial score (nSPS) is 17.9. The Hall–Kier alpha value is -0.580. The van der Waals surface area contributed by atoms with Crippen LogP contribution in [0.4, 0.5) is 0 Å². The molecule has 1 N–H and O–H groups in total. The van der Waals surface area contributed by atoms with Crippen LogP contribution in [0, 0.1) is 0 Å². The number of carbonyl (C=O) groups is 1. The van der Waals surface area contributed by atoms with Crippen molar-refractivity contribution in [3.05, 3.63) is 32.8 Å². The molecule has 0 spiro atoms. The fourth-order valence-corrected chi connectivity index (χ4v) is 3.91. The highest BCUT2D eigenvalue weighted by Gasteiger charge is 2.41. The minimum atomic E-state index is -0.796. The van der Waals surface area contributed by atoms with Crippen molar-refractivity contribution in [1.29, 1.82) is 0 Å². The molecule has 3 nitrogen and oxygen atoms in total. The Bertz CT molecular complexity index is 487. The molecule has 0 saturated heterocycles. The first-order valence-electron chi connectivity index (χ1n) is 6.72. The summed E-state index contributed by atoms with van der Waals surface area (Å²) >= 11 is 9.78. The van der Waals surface area contributed by atoms with Gasteiger partial charge in [-0.25, -0.2) is 0 Å². The quantitative estimate of drug-likeness (QED) is 0.856. The molecule has 1 aromatic carbocycles. The van der Waals surface area contributed by atoms with Crippen LogP contribution in [-0.2, 0) is 21.6 Å². The van der Waals surface area contributed by atoms with E-state index in [4.69, 9.17) is 16.3 Å². The summed E-state index contributed by atoms with van der Waals surface area (Å²) in [7, 11) is 1.61. The van der Waals surface area contributed by atoms with E-state index in [0.29, 0.717) is 24.5 Å². The molecule has 2 rings (SSSR count). The molecule has 1 fully saturated rings. The zero-order chi connectivity index (χ0) is 14.8. The Balaban J connectivity index is 2.47. The number of ether oxygens (including phenoxy) is 1. The summed E-state index contributed by atoms with van der Waals surface area (Å²) in [6, 6.07) is 3.68. The van der Waals surface area contributed by atoms with Gasteiger partial charge in [0.2, 0.25) is 0 Å². The lowest BCUT2D eigenvalue weighted by atomic mass is 9.69. The van der Waals surface area contributed by atoms with Crippen molar-refractivity contribution < 1.29 is 14.6 Å². The van der Waals surface area contributed by atoms with E-state index in [1.165, 1.54) is 0 Å². The Morgan fingerprint density at radius 2 is 2.05 bits per heavy atom. The Morgan fingerprint density at radius 3 is 2.55 bits per heavy atom. The lowest BCUT2D eigenvalue weighted by Crippen LogP contribution is -2.37. The SMILES string of the molecule is COCc1c(Cl)cc(C2(C(=O)O)CCCCC2)cc1Br. The second kappa shape index (κ2) is 6.46. The number of carboxylic acids is 1. The van der Waals surface area contributed by atoms with Crippen LogP contribution in [0.5, 0.6) is 0 Å².